The Kier molecular flexibility index (Phi) is 6.47. The molecular formula is C36H23NO2S2. The molecule has 0 spiro atoms. The molecule has 0 bridgehead atoms. The summed E-state index contributed by atoms with van der Waals surface area (Å²) < 4.78 is 0. The Morgan fingerprint density at radius 1 is 0.537 bits per heavy atom. The van der Waals surface area contributed by atoms with Crippen molar-refractivity contribution < 1.29 is 10.2 Å². The Balaban J connectivity index is 1.21. The molecular weight excluding hydrogens is 543 g/mol. The number of aliphatic hydroxyl groups is 2. The topological polar surface area (TPSA) is 53.4 Å². The number of nitrogens with zero attached hydrogens (tertiary/aromatic N) is 1. The molecule has 0 saturated carbocycles. The summed E-state index contributed by atoms with van der Waals surface area (Å²) in [5.74, 6) is 12.6. The van der Waals surface area contributed by atoms with Crippen molar-refractivity contribution in [2.24, 2.45) is 0 Å². The number of benzene rings is 4. The Hall–Kier alpha value is -4.23. The molecule has 0 aliphatic carbocycles. The molecule has 0 amide bonds. The summed E-state index contributed by atoms with van der Waals surface area (Å²) in [5.41, 5.74) is 1.58. The van der Waals surface area contributed by atoms with E-state index in [1.165, 1.54) is 0 Å². The van der Waals surface area contributed by atoms with Crippen LogP contribution in [-0.4, -0.2) is 15.2 Å². The summed E-state index contributed by atoms with van der Waals surface area (Å²) in [6.45, 7) is 0. The third-order valence-electron chi connectivity index (χ3n) is 7.26. The minimum absolute atomic E-state index is 0.349. The fourth-order valence-corrected chi connectivity index (χ4v) is 7.64. The van der Waals surface area contributed by atoms with Gasteiger partial charge in [-0.25, -0.2) is 4.98 Å². The fourth-order valence-electron chi connectivity index (χ4n) is 5.28. The zero-order valence-corrected chi connectivity index (χ0v) is 23.5. The maximum Gasteiger partial charge on any atom is 0.179 e. The fraction of sp³-hybridized carbons (Fsp3) is 0.0833. The predicted octanol–water partition coefficient (Wildman–Crippen LogP) is 6.78. The predicted molar refractivity (Wildman–Crippen MR) is 163 cm³/mol. The minimum Gasteiger partial charge on any atom is -0.369 e. The molecule has 7 rings (SSSR count). The molecule has 41 heavy (non-hydrogen) atoms. The number of fused-ring (bicyclic) bond motifs is 4. The van der Waals surface area contributed by atoms with E-state index in [1.54, 1.807) is 23.5 Å². The number of rotatable bonds is 1. The third kappa shape index (κ3) is 4.54. The first kappa shape index (κ1) is 25.7. The Bertz CT molecular complexity index is 1850. The second kappa shape index (κ2) is 10.3. The van der Waals surface area contributed by atoms with Crippen molar-refractivity contribution in [3.05, 3.63) is 149 Å². The monoisotopic (exact) mass is 565 g/mol. The molecule has 3 heterocycles. The molecule has 2 N–H and O–H groups in total. The van der Waals surface area contributed by atoms with E-state index in [0.29, 0.717) is 12.1 Å². The molecule has 1 aromatic heterocycles. The van der Waals surface area contributed by atoms with Crippen LogP contribution < -0.4 is 0 Å². The van der Waals surface area contributed by atoms with Crippen molar-refractivity contribution in [1.29, 1.82) is 0 Å². The Labute approximate surface area is 247 Å². The van der Waals surface area contributed by atoms with Crippen LogP contribution >= 0.6 is 23.5 Å². The molecule has 4 aromatic carbocycles. The van der Waals surface area contributed by atoms with Crippen LogP contribution in [0.2, 0.25) is 0 Å². The second-order valence-corrected chi connectivity index (χ2v) is 12.0. The van der Waals surface area contributed by atoms with Crippen LogP contribution in [0.4, 0.5) is 0 Å². The van der Waals surface area contributed by atoms with Crippen LogP contribution in [0.15, 0.2) is 135 Å². The van der Waals surface area contributed by atoms with Gasteiger partial charge in [-0.15, -0.1) is 0 Å². The average Bonchev–Trinajstić information content (AvgIpc) is 3.01. The van der Waals surface area contributed by atoms with E-state index in [0.717, 1.165) is 47.5 Å². The van der Waals surface area contributed by atoms with Crippen molar-refractivity contribution in [1.82, 2.24) is 4.98 Å². The lowest BCUT2D eigenvalue weighted by atomic mass is 9.86. The van der Waals surface area contributed by atoms with Crippen LogP contribution in [0.5, 0.6) is 0 Å². The normalized spacial score (nSPS) is 15.0. The molecule has 2 aliphatic rings. The van der Waals surface area contributed by atoms with Gasteiger partial charge in [-0.1, -0.05) is 120 Å². The summed E-state index contributed by atoms with van der Waals surface area (Å²) in [5, 5.41) is 23.8. The number of pyridine rings is 1. The van der Waals surface area contributed by atoms with Crippen LogP contribution in [0, 0.1) is 23.7 Å². The van der Waals surface area contributed by atoms with E-state index in [4.69, 9.17) is 4.98 Å². The summed E-state index contributed by atoms with van der Waals surface area (Å²) in [6, 6.07) is 37.0. The quantitative estimate of drug-likeness (QED) is 0.220. The van der Waals surface area contributed by atoms with Crippen molar-refractivity contribution in [2.45, 2.75) is 37.2 Å². The Morgan fingerprint density at radius 3 is 1.46 bits per heavy atom. The molecule has 2 aliphatic heterocycles. The van der Waals surface area contributed by atoms with E-state index in [1.807, 2.05) is 115 Å². The van der Waals surface area contributed by atoms with E-state index in [9.17, 15) is 10.2 Å². The van der Waals surface area contributed by atoms with Crippen LogP contribution in [-0.2, 0) is 17.6 Å². The maximum absolute atomic E-state index is 11.9. The van der Waals surface area contributed by atoms with Gasteiger partial charge in [0.2, 0.25) is 0 Å². The van der Waals surface area contributed by atoms with E-state index >= 15 is 0 Å². The highest BCUT2D eigenvalue weighted by atomic mass is 32.2. The summed E-state index contributed by atoms with van der Waals surface area (Å²) in [7, 11) is 0. The van der Waals surface area contributed by atoms with Crippen molar-refractivity contribution in [3.8, 4) is 23.7 Å². The zero-order valence-electron chi connectivity index (χ0n) is 21.8. The number of hydrogen-bond donors (Lipinski definition) is 2. The van der Waals surface area contributed by atoms with Gasteiger partial charge in [0.05, 0.1) is 12.1 Å². The lowest BCUT2D eigenvalue weighted by Crippen LogP contribution is -2.29. The minimum atomic E-state index is -1.45. The van der Waals surface area contributed by atoms with Crippen molar-refractivity contribution in [3.63, 3.8) is 0 Å². The standard InChI is InChI=1S/C36H23NO2S2/c38-35(27-14-1-5-18-31(27)40-32-19-6-2-15-28(32)35)23-10-13-25-11-9-12-26(37-25)22-24-36(39)29-16-3-7-20-33(29)41-34-21-8-4-17-30(34)36/h1-9,11-12,14-21,38-39H,13H2. The maximum atomic E-state index is 11.9. The smallest absolute Gasteiger partial charge is 0.179 e. The van der Waals surface area contributed by atoms with E-state index in [-0.39, 0.29) is 0 Å². The van der Waals surface area contributed by atoms with Crippen LogP contribution in [0.25, 0.3) is 0 Å². The number of aromatic nitrogens is 1. The van der Waals surface area contributed by atoms with Gasteiger partial charge in [0.25, 0.3) is 0 Å². The lowest BCUT2D eigenvalue weighted by Gasteiger charge is -2.32. The van der Waals surface area contributed by atoms with E-state index < -0.39 is 11.2 Å². The molecule has 3 nitrogen and oxygen atoms in total. The second-order valence-electron chi connectivity index (χ2n) is 9.85. The molecule has 0 atom stereocenters. The zero-order chi connectivity index (χ0) is 27.9. The first-order chi connectivity index (χ1) is 20.0. The summed E-state index contributed by atoms with van der Waals surface area (Å²) in [4.78, 5) is 8.69. The van der Waals surface area contributed by atoms with Gasteiger partial charge in [0, 0.05) is 41.8 Å². The number of hydrogen-bond acceptors (Lipinski definition) is 5. The van der Waals surface area contributed by atoms with Gasteiger partial charge in [-0.2, -0.15) is 0 Å². The lowest BCUT2D eigenvalue weighted by molar-refractivity contribution is 0.137. The largest absolute Gasteiger partial charge is 0.369 e. The van der Waals surface area contributed by atoms with Crippen molar-refractivity contribution >= 4 is 23.5 Å². The summed E-state index contributed by atoms with van der Waals surface area (Å²) in [6.07, 6.45) is 0.349. The van der Waals surface area contributed by atoms with Crippen LogP contribution in [0.3, 0.4) is 0 Å². The third-order valence-corrected chi connectivity index (χ3v) is 9.57. The Morgan fingerprint density at radius 2 is 0.976 bits per heavy atom. The van der Waals surface area contributed by atoms with Crippen molar-refractivity contribution in [2.75, 3.05) is 0 Å². The highest BCUT2D eigenvalue weighted by Crippen LogP contribution is 2.48. The highest BCUT2D eigenvalue weighted by molar-refractivity contribution is 7.99. The van der Waals surface area contributed by atoms with Crippen LogP contribution in [0.1, 0.15) is 33.6 Å². The first-order valence-electron chi connectivity index (χ1n) is 13.2. The molecule has 5 heteroatoms. The molecule has 0 saturated heterocycles. The van der Waals surface area contributed by atoms with E-state index in [2.05, 4.69) is 23.7 Å². The average molecular weight is 566 g/mol. The van der Waals surface area contributed by atoms with Gasteiger partial charge >= 0.3 is 0 Å². The molecule has 0 unspecified atom stereocenters. The SMILES string of the molecule is OC1(C#CCc2cccc(C#CC3(O)c4ccccc4Sc4ccccc43)n2)c2ccccc2Sc2ccccc21. The van der Waals surface area contributed by atoms with Gasteiger partial charge in [-0.3, -0.25) is 0 Å². The molecule has 0 radical (unpaired) electrons. The summed E-state index contributed by atoms with van der Waals surface area (Å²) >= 11 is 3.29. The highest BCUT2D eigenvalue weighted by Gasteiger charge is 2.39. The molecule has 5 aromatic rings. The molecule has 196 valence electrons. The van der Waals surface area contributed by atoms with Gasteiger partial charge < -0.3 is 10.2 Å². The van der Waals surface area contributed by atoms with Gasteiger partial charge in [0.1, 0.15) is 5.69 Å². The molecule has 0 fully saturated rings. The van der Waals surface area contributed by atoms with Gasteiger partial charge in [0.15, 0.2) is 11.2 Å². The first-order valence-corrected chi connectivity index (χ1v) is 14.9. The van der Waals surface area contributed by atoms with Gasteiger partial charge in [-0.05, 0) is 42.3 Å².